The molecule has 1 aromatic carbocycles. The number of nitrogens with one attached hydrogen (secondary N) is 1. The monoisotopic (exact) mass is 258 g/mol. The number of primary amides is 1. The summed E-state index contributed by atoms with van der Waals surface area (Å²) in [6.07, 6.45) is 1.96. The molecular formula is C14H18N4O. The second-order valence-electron chi connectivity index (χ2n) is 5.25. The van der Waals surface area contributed by atoms with Crippen molar-refractivity contribution in [3.63, 3.8) is 0 Å². The number of nitrogen functional groups attached to an aromatic ring is 1. The molecule has 5 nitrogen and oxygen atoms in total. The fraction of sp³-hybridized carbons (Fsp3) is 0.286. The molecule has 100 valence electrons. The summed E-state index contributed by atoms with van der Waals surface area (Å²) in [4.78, 5) is 15.3. The van der Waals surface area contributed by atoms with E-state index < -0.39 is 5.54 Å². The second kappa shape index (κ2) is 4.76. The Morgan fingerprint density at radius 2 is 2.11 bits per heavy atom. The van der Waals surface area contributed by atoms with Crippen LogP contribution in [0.1, 0.15) is 20.3 Å². The quantitative estimate of drug-likeness (QED) is 0.730. The van der Waals surface area contributed by atoms with Crippen molar-refractivity contribution in [3.8, 4) is 0 Å². The number of nitrogens with two attached hydrogens (primary N) is 2. The van der Waals surface area contributed by atoms with Gasteiger partial charge in [-0.2, -0.15) is 0 Å². The number of aromatic nitrogens is 1. The highest BCUT2D eigenvalue weighted by Crippen LogP contribution is 2.30. The third kappa shape index (κ3) is 2.93. The van der Waals surface area contributed by atoms with E-state index in [4.69, 9.17) is 11.5 Å². The summed E-state index contributed by atoms with van der Waals surface area (Å²) in [7, 11) is 0. The molecule has 5 N–H and O–H groups in total. The number of fused-ring (bicyclic) bond motifs is 1. The molecule has 0 bridgehead atoms. The number of nitrogens with zero attached hydrogens (tertiary/aromatic N) is 1. The molecule has 19 heavy (non-hydrogen) atoms. The number of hydrogen-bond acceptors (Lipinski definition) is 4. The summed E-state index contributed by atoms with van der Waals surface area (Å²) in [6, 6.07) is 7.53. The summed E-state index contributed by atoms with van der Waals surface area (Å²) in [5.41, 5.74) is 13.2. The van der Waals surface area contributed by atoms with Gasteiger partial charge >= 0.3 is 0 Å². The van der Waals surface area contributed by atoms with Gasteiger partial charge in [0.1, 0.15) is 0 Å². The molecule has 1 amide bonds. The van der Waals surface area contributed by atoms with Crippen LogP contribution in [0, 0.1) is 0 Å². The average Bonchev–Trinajstić information content (AvgIpc) is 2.31. The number of hydrogen-bond donors (Lipinski definition) is 3. The van der Waals surface area contributed by atoms with Gasteiger partial charge in [0.05, 0.1) is 16.9 Å². The lowest BCUT2D eigenvalue weighted by Gasteiger charge is -2.27. The lowest BCUT2D eigenvalue weighted by molar-refractivity contribution is -0.118. The van der Waals surface area contributed by atoms with E-state index in [1.807, 2.05) is 38.1 Å². The van der Waals surface area contributed by atoms with Crippen LogP contribution in [-0.4, -0.2) is 16.4 Å². The van der Waals surface area contributed by atoms with Crippen LogP contribution >= 0.6 is 0 Å². The number of rotatable bonds is 4. The fourth-order valence-electron chi connectivity index (χ4n) is 2.13. The Labute approximate surface area is 112 Å². The zero-order chi connectivity index (χ0) is 14.0. The SMILES string of the molecule is CC(C)(CC(N)=O)Nc1ccc2ncccc2c1N. The Balaban J connectivity index is 2.36. The number of carbonyl (C=O) groups is 1. The molecule has 2 rings (SSSR count). The summed E-state index contributed by atoms with van der Waals surface area (Å²) in [5.74, 6) is -0.349. The van der Waals surface area contributed by atoms with Gasteiger partial charge in [0.15, 0.2) is 0 Å². The van der Waals surface area contributed by atoms with Crippen LogP contribution < -0.4 is 16.8 Å². The molecule has 0 saturated heterocycles. The van der Waals surface area contributed by atoms with Crippen molar-refractivity contribution >= 4 is 28.2 Å². The minimum absolute atomic E-state index is 0.234. The Kier molecular flexibility index (Phi) is 3.29. The minimum atomic E-state index is -0.449. The van der Waals surface area contributed by atoms with E-state index in [1.54, 1.807) is 6.20 Å². The largest absolute Gasteiger partial charge is 0.397 e. The van der Waals surface area contributed by atoms with Crippen LogP contribution in [0.4, 0.5) is 11.4 Å². The molecule has 1 aromatic heterocycles. The third-order valence-electron chi connectivity index (χ3n) is 2.92. The first kappa shape index (κ1) is 13.1. The summed E-state index contributed by atoms with van der Waals surface area (Å²) in [6.45, 7) is 3.81. The minimum Gasteiger partial charge on any atom is -0.397 e. The molecule has 5 heteroatoms. The van der Waals surface area contributed by atoms with E-state index in [9.17, 15) is 4.79 Å². The Morgan fingerprint density at radius 1 is 1.37 bits per heavy atom. The lowest BCUT2D eigenvalue weighted by atomic mass is 9.99. The zero-order valence-electron chi connectivity index (χ0n) is 11.1. The van der Waals surface area contributed by atoms with Crippen molar-refractivity contribution in [2.75, 3.05) is 11.1 Å². The van der Waals surface area contributed by atoms with E-state index in [0.717, 1.165) is 16.6 Å². The van der Waals surface area contributed by atoms with E-state index in [0.29, 0.717) is 5.69 Å². The first-order valence-electron chi connectivity index (χ1n) is 6.09. The molecule has 1 heterocycles. The molecule has 0 spiro atoms. The highest BCUT2D eigenvalue weighted by atomic mass is 16.1. The molecule has 0 fully saturated rings. The number of amides is 1. The molecular weight excluding hydrogens is 240 g/mol. The molecule has 0 aliphatic carbocycles. The fourth-order valence-corrected chi connectivity index (χ4v) is 2.13. The number of pyridine rings is 1. The second-order valence-corrected chi connectivity index (χ2v) is 5.25. The van der Waals surface area contributed by atoms with Crippen molar-refractivity contribution < 1.29 is 4.79 Å². The van der Waals surface area contributed by atoms with Crippen molar-refractivity contribution in [1.29, 1.82) is 0 Å². The van der Waals surface area contributed by atoms with Gasteiger partial charge in [0, 0.05) is 23.5 Å². The molecule has 0 aliphatic heterocycles. The van der Waals surface area contributed by atoms with Crippen LogP contribution in [0.2, 0.25) is 0 Å². The van der Waals surface area contributed by atoms with Crippen LogP contribution in [0.15, 0.2) is 30.5 Å². The normalized spacial score (nSPS) is 11.5. The van der Waals surface area contributed by atoms with Gasteiger partial charge in [0.25, 0.3) is 0 Å². The Hall–Kier alpha value is -2.30. The summed E-state index contributed by atoms with van der Waals surface area (Å²) in [5, 5.41) is 4.15. The van der Waals surface area contributed by atoms with Crippen molar-refractivity contribution in [2.45, 2.75) is 25.8 Å². The van der Waals surface area contributed by atoms with Gasteiger partial charge in [-0.15, -0.1) is 0 Å². The molecule has 0 radical (unpaired) electrons. The number of carbonyl (C=O) groups excluding carboxylic acids is 1. The smallest absolute Gasteiger partial charge is 0.219 e. The van der Waals surface area contributed by atoms with Crippen molar-refractivity contribution in [3.05, 3.63) is 30.5 Å². The van der Waals surface area contributed by atoms with Crippen LogP contribution in [0.25, 0.3) is 10.9 Å². The van der Waals surface area contributed by atoms with Crippen molar-refractivity contribution in [1.82, 2.24) is 4.98 Å². The lowest BCUT2D eigenvalue weighted by Crippen LogP contribution is -2.36. The van der Waals surface area contributed by atoms with Crippen LogP contribution in [0.3, 0.4) is 0 Å². The maximum Gasteiger partial charge on any atom is 0.219 e. The summed E-state index contributed by atoms with van der Waals surface area (Å²) < 4.78 is 0. The topological polar surface area (TPSA) is 94.0 Å². The molecule has 2 aromatic rings. The standard InChI is InChI=1S/C14H18N4O/c1-14(2,8-12(15)19)18-11-6-5-10-9(13(11)16)4-3-7-17-10/h3-7,18H,8,16H2,1-2H3,(H2,15,19). The van der Waals surface area contributed by atoms with Gasteiger partial charge in [0.2, 0.25) is 5.91 Å². The van der Waals surface area contributed by atoms with Gasteiger partial charge in [-0.1, -0.05) is 0 Å². The van der Waals surface area contributed by atoms with Gasteiger partial charge in [-0.05, 0) is 38.1 Å². The predicted octanol–water partition coefficient (Wildman–Crippen LogP) is 1.88. The molecule has 0 saturated carbocycles. The van der Waals surface area contributed by atoms with Gasteiger partial charge in [-0.25, -0.2) is 0 Å². The first-order valence-corrected chi connectivity index (χ1v) is 6.09. The first-order chi connectivity index (χ1) is 8.89. The maximum absolute atomic E-state index is 11.0. The highest BCUT2D eigenvalue weighted by molar-refractivity contribution is 5.97. The Bertz CT molecular complexity index is 622. The molecule has 0 aliphatic rings. The van der Waals surface area contributed by atoms with Crippen LogP contribution in [-0.2, 0) is 4.79 Å². The van der Waals surface area contributed by atoms with E-state index in [1.165, 1.54) is 0 Å². The van der Waals surface area contributed by atoms with Crippen molar-refractivity contribution in [2.24, 2.45) is 5.73 Å². The summed E-state index contributed by atoms with van der Waals surface area (Å²) >= 11 is 0. The number of benzene rings is 1. The Morgan fingerprint density at radius 3 is 2.79 bits per heavy atom. The predicted molar refractivity (Wildman–Crippen MR) is 77.7 cm³/mol. The van der Waals surface area contributed by atoms with Gasteiger partial charge < -0.3 is 16.8 Å². The molecule has 0 unspecified atom stereocenters. The maximum atomic E-state index is 11.0. The third-order valence-corrected chi connectivity index (χ3v) is 2.92. The van der Waals surface area contributed by atoms with E-state index >= 15 is 0 Å². The zero-order valence-corrected chi connectivity index (χ0v) is 11.1. The van der Waals surface area contributed by atoms with E-state index in [-0.39, 0.29) is 12.3 Å². The van der Waals surface area contributed by atoms with Crippen LogP contribution in [0.5, 0.6) is 0 Å². The van der Waals surface area contributed by atoms with Gasteiger partial charge in [-0.3, -0.25) is 9.78 Å². The average molecular weight is 258 g/mol. The molecule has 0 atom stereocenters. The number of anilines is 2. The highest BCUT2D eigenvalue weighted by Gasteiger charge is 2.21. The van der Waals surface area contributed by atoms with E-state index in [2.05, 4.69) is 10.3 Å².